The second-order valence-electron chi connectivity index (χ2n) is 6.71. The first-order valence-electron chi connectivity index (χ1n) is 9.51. The predicted octanol–water partition coefficient (Wildman–Crippen LogP) is 1.12. The number of sulfonamides is 1. The molecule has 0 radical (unpaired) electrons. The van der Waals surface area contributed by atoms with Crippen LogP contribution < -0.4 is 9.47 Å². The fourth-order valence-electron chi connectivity index (χ4n) is 3.07. The molecule has 1 aromatic heterocycles. The highest BCUT2D eigenvalue weighted by molar-refractivity contribution is 7.89. The summed E-state index contributed by atoms with van der Waals surface area (Å²) in [7, 11) is -1.94. The van der Waals surface area contributed by atoms with Crippen LogP contribution in [0.25, 0.3) is 0 Å². The fourth-order valence-corrected chi connectivity index (χ4v) is 4.51. The van der Waals surface area contributed by atoms with Crippen molar-refractivity contribution in [2.24, 2.45) is 7.05 Å². The minimum absolute atomic E-state index is 0.0265. The largest absolute Gasteiger partial charge is 0.494 e. The number of aryl methyl sites for hydroxylation is 1. The summed E-state index contributed by atoms with van der Waals surface area (Å²) in [5.41, 5.74) is 0. The van der Waals surface area contributed by atoms with Gasteiger partial charge in [-0.1, -0.05) is 0 Å². The van der Waals surface area contributed by atoms with Gasteiger partial charge in [0.05, 0.1) is 12.9 Å². The van der Waals surface area contributed by atoms with Crippen molar-refractivity contribution >= 4 is 15.9 Å². The number of nitrogens with zero attached hydrogens (tertiary/aromatic N) is 4. The third-order valence-electron chi connectivity index (χ3n) is 4.59. The second kappa shape index (κ2) is 9.27. The predicted molar refractivity (Wildman–Crippen MR) is 106 cm³/mol. The quantitative estimate of drug-likeness (QED) is 0.664. The first kappa shape index (κ1) is 21.1. The summed E-state index contributed by atoms with van der Waals surface area (Å²) in [5, 5.41) is 0.0265. The highest BCUT2D eigenvalue weighted by Gasteiger charge is 2.29. The van der Waals surface area contributed by atoms with Crippen molar-refractivity contribution in [1.29, 1.82) is 0 Å². The van der Waals surface area contributed by atoms with Crippen molar-refractivity contribution in [1.82, 2.24) is 18.8 Å². The molecule has 1 aliphatic heterocycles. The molecule has 0 aliphatic carbocycles. The van der Waals surface area contributed by atoms with Crippen LogP contribution in [-0.2, 0) is 21.9 Å². The molecule has 1 saturated heterocycles. The minimum atomic E-state index is -3.66. The molecule has 1 fully saturated rings. The molecule has 1 aliphatic rings. The van der Waals surface area contributed by atoms with Gasteiger partial charge in [-0.3, -0.25) is 4.79 Å². The molecule has 3 rings (SSSR count). The van der Waals surface area contributed by atoms with Gasteiger partial charge in [0.25, 0.3) is 15.9 Å². The van der Waals surface area contributed by atoms with E-state index in [1.807, 2.05) is 6.92 Å². The number of carbonyl (C=O) groups excluding carboxylic acids is 1. The Morgan fingerprint density at radius 2 is 1.76 bits per heavy atom. The fraction of sp³-hybridized carbons (Fsp3) is 0.474. The Labute approximate surface area is 170 Å². The number of aromatic nitrogens is 2. The summed E-state index contributed by atoms with van der Waals surface area (Å²) >= 11 is 0. The molecule has 0 spiro atoms. The van der Waals surface area contributed by atoms with Gasteiger partial charge in [0.1, 0.15) is 11.5 Å². The van der Waals surface area contributed by atoms with Crippen LogP contribution in [0.1, 0.15) is 13.3 Å². The third kappa shape index (κ3) is 5.27. The molecule has 9 nitrogen and oxygen atoms in total. The van der Waals surface area contributed by atoms with Crippen LogP contribution in [0.3, 0.4) is 0 Å². The summed E-state index contributed by atoms with van der Waals surface area (Å²) in [5.74, 6) is 1.15. The molecule has 158 valence electrons. The lowest BCUT2D eigenvalue weighted by Gasteiger charge is -2.21. The van der Waals surface area contributed by atoms with Crippen LogP contribution in [-0.4, -0.2) is 72.5 Å². The molecule has 0 saturated carbocycles. The number of rotatable bonds is 7. The van der Waals surface area contributed by atoms with Gasteiger partial charge < -0.3 is 18.9 Å². The van der Waals surface area contributed by atoms with Crippen LogP contribution in [0.5, 0.6) is 11.5 Å². The molecule has 0 bridgehead atoms. The van der Waals surface area contributed by atoms with E-state index in [-0.39, 0.29) is 24.1 Å². The Kier molecular flexibility index (Phi) is 6.75. The smallest absolute Gasteiger partial charge is 0.262 e. The van der Waals surface area contributed by atoms with Crippen molar-refractivity contribution in [2.75, 3.05) is 39.4 Å². The molecule has 2 heterocycles. The Morgan fingerprint density at radius 3 is 2.38 bits per heavy atom. The van der Waals surface area contributed by atoms with Gasteiger partial charge in [0, 0.05) is 39.4 Å². The van der Waals surface area contributed by atoms with Crippen molar-refractivity contribution < 1.29 is 22.7 Å². The Bertz CT molecular complexity index is 926. The van der Waals surface area contributed by atoms with Crippen LogP contribution in [0.2, 0.25) is 0 Å². The van der Waals surface area contributed by atoms with Crippen LogP contribution in [0.15, 0.2) is 41.8 Å². The van der Waals surface area contributed by atoms with E-state index in [1.54, 1.807) is 40.8 Å². The zero-order valence-corrected chi connectivity index (χ0v) is 17.5. The lowest BCUT2D eigenvalue weighted by atomic mass is 10.3. The maximum atomic E-state index is 12.7. The number of hydrogen-bond donors (Lipinski definition) is 0. The highest BCUT2D eigenvalue weighted by atomic mass is 32.2. The maximum Gasteiger partial charge on any atom is 0.262 e. The number of ether oxygens (including phenoxy) is 2. The second-order valence-corrected chi connectivity index (χ2v) is 8.59. The van der Waals surface area contributed by atoms with Gasteiger partial charge in [-0.2, -0.15) is 4.31 Å². The lowest BCUT2D eigenvalue weighted by Crippen LogP contribution is -2.39. The average Bonchev–Trinajstić information content (AvgIpc) is 3.00. The van der Waals surface area contributed by atoms with E-state index in [4.69, 9.17) is 9.47 Å². The first-order chi connectivity index (χ1) is 13.9. The molecule has 29 heavy (non-hydrogen) atoms. The van der Waals surface area contributed by atoms with Gasteiger partial charge in [-0.15, -0.1) is 0 Å². The topological polar surface area (TPSA) is 94.0 Å². The molecular weight excluding hydrogens is 396 g/mol. The van der Waals surface area contributed by atoms with Gasteiger partial charge in [-0.05, 0) is 37.6 Å². The normalized spacial score (nSPS) is 15.7. The number of imidazole rings is 1. The molecular formula is C19H26N4O5S. The number of amides is 1. The Morgan fingerprint density at radius 1 is 1.07 bits per heavy atom. The van der Waals surface area contributed by atoms with Crippen LogP contribution >= 0.6 is 0 Å². The zero-order chi connectivity index (χ0) is 20.9. The molecule has 1 aromatic carbocycles. The van der Waals surface area contributed by atoms with E-state index in [2.05, 4.69) is 4.98 Å². The Balaban J connectivity index is 1.54. The van der Waals surface area contributed by atoms with Crippen molar-refractivity contribution in [2.45, 2.75) is 18.4 Å². The van der Waals surface area contributed by atoms with E-state index in [9.17, 15) is 13.2 Å². The van der Waals surface area contributed by atoms with E-state index in [0.29, 0.717) is 38.4 Å². The molecule has 1 amide bonds. The lowest BCUT2D eigenvalue weighted by molar-refractivity contribution is -0.133. The number of benzene rings is 1. The van der Waals surface area contributed by atoms with Gasteiger partial charge >= 0.3 is 0 Å². The molecule has 0 unspecified atom stereocenters. The summed E-state index contributed by atoms with van der Waals surface area (Å²) < 4.78 is 39.4. The Hall–Kier alpha value is -2.59. The van der Waals surface area contributed by atoms with E-state index < -0.39 is 10.0 Å². The molecule has 0 atom stereocenters. The van der Waals surface area contributed by atoms with Crippen LogP contribution in [0.4, 0.5) is 0 Å². The average molecular weight is 423 g/mol. The summed E-state index contributed by atoms with van der Waals surface area (Å²) in [6.07, 6.45) is 3.49. The molecule has 10 heteroatoms. The van der Waals surface area contributed by atoms with E-state index in [1.165, 1.54) is 16.8 Å². The zero-order valence-electron chi connectivity index (χ0n) is 16.7. The van der Waals surface area contributed by atoms with Gasteiger partial charge in [-0.25, -0.2) is 13.4 Å². The summed E-state index contributed by atoms with van der Waals surface area (Å²) in [6, 6.07) is 7.08. The van der Waals surface area contributed by atoms with Crippen molar-refractivity contribution in [3.8, 4) is 11.5 Å². The highest BCUT2D eigenvalue weighted by Crippen LogP contribution is 2.18. The first-order valence-corrected chi connectivity index (χ1v) is 11.0. The monoisotopic (exact) mass is 422 g/mol. The number of hydrogen-bond acceptors (Lipinski definition) is 6. The third-order valence-corrected chi connectivity index (χ3v) is 6.37. The molecule has 2 aromatic rings. The number of carbonyl (C=O) groups is 1. The minimum Gasteiger partial charge on any atom is -0.494 e. The van der Waals surface area contributed by atoms with E-state index >= 15 is 0 Å². The molecule has 0 N–H and O–H groups in total. The summed E-state index contributed by atoms with van der Waals surface area (Å²) in [6.45, 7) is 3.78. The van der Waals surface area contributed by atoms with Crippen molar-refractivity contribution in [3.63, 3.8) is 0 Å². The van der Waals surface area contributed by atoms with Crippen LogP contribution in [0, 0.1) is 0 Å². The van der Waals surface area contributed by atoms with E-state index in [0.717, 1.165) is 5.75 Å². The SMILES string of the molecule is CCOc1ccc(OCC(=O)N2CCCN(S(=O)(=O)c3cn(C)cn3)CC2)cc1. The van der Waals surface area contributed by atoms with Crippen molar-refractivity contribution in [3.05, 3.63) is 36.8 Å². The summed E-state index contributed by atoms with van der Waals surface area (Å²) in [4.78, 5) is 18.1. The van der Waals surface area contributed by atoms with Gasteiger partial charge in [0.2, 0.25) is 0 Å². The van der Waals surface area contributed by atoms with Gasteiger partial charge in [0.15, 0.2) is 11.6 Å². The standard InChI is InChI=1S/C19H26N4O5S/c1-3-27-16-5-7-17(8-6-16)28-14-19(24)22-9-4-10-23(12-11-22)29(25,26)18-13-21(2)15-20-18/h5-8,13,15H,3-4,9-12,14H2,1-2H3. The maximum absolute atomic E-state index is 12.7.